The highest BCUT2D eigenvalue weighted by molar-refractivity contribution is 14.0. The van der Waals surface area contributed by atoms with E-state index < -0.39 is 0 Å². The van der Waals surface area contributed by atoms with Crippen LogP contribution in [0.2, 0.25) is 0 Å². The van der Waals surface area contributed by atoms with Crippen molar-refractivity contribution in [3.05, 3.63) is 0 Å². The first-order valence-corrected chi connectivity index (χ1v) is 9.52. The molecular formula is C18H38IN5. The highest BCUT2D eigenvalue weighted by Crippen LogP contribution is 2.26. The van der Waals surface area contributed by atoms with Gasteiger partial charge in [0.25, 0.3) is 0 Å². The Morgan fingerprint density at radius 2 is 1.88 bits per heavy atom. The van der Waals surface area contributed by atoms with Crippen LogP contribution in [0.4, 0.5) is 0 Å². The fourth-order valence-corrected chi connectivity index (χ4v) is 3.62. The average molecular weight is 451 g/mol. The molecule has 0 spiro atoms. The first-order valence-electron chi connectivity index (χ1n) is 9.52. The molecule has 2 rings (SSSR count). The van der Waals surface area contributed by atoms with Crippen molar-refractivity contribution in [3.63, 3.8) is 0 Å². The van der Waals surface area contributed by atoms with Gasteiger partial charge in [-0.05, 0) is 47.0 Å². The Bertz CT molecular complexity index is 374. The molecule has 1 unspecified atom stereocenters. The predicted octanol–water partition coefficient (Wildman–Crippen LogP) is 2.56. The molecule has 2 fully saturated rings. The first kappa shape index (κ1) is 22.0. The van der Waals surface area contributed by atoms with E-state index in [-0.39, 0.29) is 29.5 Å². The number of hydrogen-bond donors (Lipinski definition) is 3. The first-order chi connectivity index (χ1) is 11.0. The van der Waals surface area contributed by atoms with Crippen molar-refractivity contribution < 1.29 is 0 Å². The molecule has 1 aliphatic carbocycles. The van der Waals surface area contributed by atoms with Gasteiger partial charge in [0.2, 0.25) is 0 Å². The maximum Gasteiger partial charge on any atom is 0.191 e. The van der Waals surface area contributed by atoms with Crippen molar-refractivity contribution in [2.75, 3.05) is 32.7 Å². The Balaban J connectivity index is 0.00000288. The summed E-state index contributed by atoms with van der Waals surface area (Å²) in [6.45, 7) is 13.8. The van der Waals surface area contributed by atoms with Crippen LogP contribution in [0.15, 0.2) is 4.99 Å². The lowest BCUT2D eigenvalue weighted by molar-refractivity contribution is 0.242. The van der Waals surface area contributed by atoms with Crippen molar-refractivity contribution >= 4 is 29.9 Å². The van der Waals surface area contributed by atoms with Gasteiger partial charge in [-0.15, -0.1) is 24.0 Å². The molecule has 1 heterocycles. The Hall–Kier alpha value is -0.0800. The number of nitrogens with one attached hydrogen (secondary N) is 3. The van der Waals surface area contributed by atoms with Gasteiger partial charge in [0.1, 0.15) is 0 Å². The standard InChI is InChI=1S/C18H37N5.HI/c1-5-19-17(20-11-12-21-18(2,3)4)22-15-10-13-23(14-15)16-8-6-7-9-16;/h15-16,21H,5-14H2,1-4H3,(H2,19,20,22);1H. The number of guanidine groups is 1. The Morgan fingerprint density at radius 1 is 1.17 bits per heavy atom. The summed E-state index contributed by atoms with van der Waals surface area (Å²) in [6, 6.07) is 1.39. The summed E-state index contributed by atoms with van der Waals surface area (Å²) in [5, 5.41) is 10.5. The van der Waals surface area contributed by atoms with Gasteiger partial charge in [0.05, 0.1) is 6.54 Å². The summed E-state index contributed by atoms with van der Waals surface area (Å²) in [5.41, 5.74) is 0.161. The van der Waals surface area contributed by atoms with Gasteiger partial charge in [-0.1, -0.05) is 12.8 Å². The van der Waals surface area contributed by atoms with Crippen molar-refractivity contribution in [2.45, 2.75) is 77.4 Å². The third kappa shape index (κ3) is 7.87. The number of likely N-dealkylation sites (tertiary alicyclic amines) is 1. The molecule has 0 aromatic rings. The second-order valence-corrected chi connectivity index (χ2v) is 8.00. The Morgan fingerprint density at radius 3 is 2.50 bits per heavy atom. The zero-order valence-corrected chi connectivity index (χ0v) is 18.4. The molecule has 1 saturated heterocycles. The van der Waals surface area contributed by atoms with E-state index in [1.54, 1.807) is 0 Å². The van der Waals surface area contributed by atoms with Crippen molar-refractivity contribution in [1.29, 1.82) is 0 Å². The lowest BCUT2D eigenvalue weighted by Crippen LogP contribution is -2.45. The Kier molecular flexibility index (Phi) is 9.89. The minimum absolute atomic E-state index is 0. The van der Waals surface area contributed by atoms with Gasteiger partial charge in [0, 0.05) is 43.8 Å². The van der Waals surface area contributed by atoms with E-state index in [0.717, 1.165) is 31.6 Å². The van der Waals surface area contributed by atoms with Gasteiger partial charge in [-0.2, -0.15) is 0 Å². The van der Waals surface area contributed by atoms with Crippen LogP contribution in [0.3, 0.4) is 0 Å². The topological polar surface area (TPSA) is 51.7 Å². The fraction of sp³-hybridized carbons (Fsp3) is 0.944. The van der Waals surface area contributed by atoms with E-state index in [1.807, 2.05) is 0 Å². The molecule has 0 aromatic heterocycles. The van der Waals surface area contributed by atoms with E-state index in [4.69, 9.17) is 4.99 Å². The van der Waals surface area contributed by atoms with E-state index in [9.17, 15) is 0 Å². The molecule has 1 aliphatic heterocycles. The molecule has 3 N–H and O–H groups in total. The van der Waals surface area contributed by atoms with E-state index in [2.05, 4.69) is 48.5 Å². The minimum Gasteiger partial charge on any atom is -0.357 e. The maximum absolute atomic E-state index is 4.72. The summed E-state index contributed by atoms with van der Waals surface area (Å²) < 4.78 is 0. The van der Waals surface area contributed by atoms with Crippen LogP contribution < -0.4 is 16.0 Å². The number of hydrogen-bond acceptors (Lipinski definition) is 3. The van der Waals surface area contributed by atoms with E-state index in [1.165, 1.54) is 45.2 Å². The van der Waals surface area contributed by atoms with E-state index >= 15 is 0 Å². The second-order valence-electron chi connectivity index (χ2n) is 8.00. The highest BCUT2D eigenvalue weighted by atomic mass is 127. The van der Waals surface area contributed by atoms with Crippen LogP contribution in [0.1, 0.15) is 59.8 Å². The smallest absolute Gasteiger partial charge is 0.191 e. The molecule has 1 atom stereocenters. The highest BCUT2D eigenvalue weighted by Gasteiger charge is 2.30. The summed E-state index contributed by atoms with van der Waals surface area (Å²) in [4.78, 5) is 7.41. The van der Waals surface area contributed by atoms with Gasteiger partial charge in [0.15, 0.2) is 5.96 Å². The van der Waals surface area contributed by atoms with Crippen molar-refractivity contribution in [1.82, 2.24) is 20.9 Å². The largest absolute Gasteiger partial charge is 0.357 e. The van der Waals surface area contributed by atoms with Crippen LogP contribution >= 0.6 is 24.0 Å². The SMILES string of the molecule is CCNC(=NCCNC(C)(C)C)NC1CCN(C2CCCC2)C1.I. The number of halogens is 1. The minimum atomic E-state index is 0. The Labute approximate surface area is 165 Å². The van der Waals surface area contributed by atoms with Crippen LogP contribution in [-0.4, -0.2) is 61.2 Å². The molecule has 0 bridgehead atoms. The summed E-state index contributed by atoms with van der Waals surface area (Å²) >= 11 is 0. The zero-order valence-electron chi connectivity index (χ0n) is 16.0. The van der Waals surface area contributed by atoms with Crippen LogP contribution in [-0.2, 0) is 0 Å². The second kappa shape index (κ2) is 10.8. The molecule has 0 aromatic carbocycles. The average Bonchev–Trinajstić information content (AvgIpc) is 3.13. The number of nitrogens with zero attached hydrogens (tertiary/aromatic N) is 2. The molecule has 142 valence electrons. The molecule has 5 nitrogen and oxygen atoms in total. The lowest BCUT2D eigenvalue weighted by atomic mass is 10.1. The van der Waals surface area contributed by atoms with Gasteiger partial charge >= 0.3 is 0 Å². The van der Waals surface area contributed by atoms with Crippen LogP contribution in [0.5, 0.6) is 0 Å². The normalized spacial score (nSPS) is 23.3. The maximum atomic E-state index is 4.72. The van der Waals surface area contributed by atoms with Crippen LogP contribution in [0, 0.1) is 0 Å². The molecule has 24 heavy (non-hydrogen) atoms. The lowest BCUT2D eigenvalue weighted by Gasteiger charge is -2.24. The predicted molar refractivity (Wildman–Crippen MR) is 115 cm³/mol. The van der Waals surface area contributed by atoms with Crippen LogP contribution in [0.25, 0.3) is 0 Å². The van der Waals surface area contributed by atoms with Gasteiger partial charge in [-0.3, -0.25) is 9.89 Å². The third-order valence-electron chi connectivity index (χ3n) is 4.78. The molecule has 6 heteroatoms. The van der Waals surface area contributed by atoms with E-state index in [0.29, 0.717) is 6.04 Å². The van der Waals surface area contributed by atoms with Gasteiger partial charge in [-0.25, -0.2) is 0 Å². The molecular weight excluding hydrogens is 413 g/mol. The summed E-state index contributed by atoms with van der Waals surface area (Å²) in [7, 11) is 0. The van der Waals surface area contributed by atoms with Crippen molar-refractivity contribution in [3.8, 4) is 0 Å². The molecule has 0 radical (unpaired) electrons. The fourth-order valence-electron chi connectivity index (χ4n) is 3.62. The number of aliphatic imine (C=N–C) groups is 1. The quantitative estimate of drug-likeness (QED) is 0.252. The van der Waals surface area contributed by atoms with Gasteiger partial charge < -0.3 is 16.0 Å². The van der Waals surface area contributed by atoms with Crippen molar-refractivity contribution in [2.24, 2.45) is 4.99 Å². The summed E-state index contributed by atoms with van der Waals surface area (Å²) in [5.74, 6) is 0.974. The molecule has 0 amide bonds. The molecule has 2 aliphatic rings. The number of rotatable bonds is 6. The zero-order chi connectivity index (χ0) is 16.7. The molecule has 1 saturated carbocycles. The third-order valence-corrected chi connectivity index (χ3v) is 4.78. The monoisotopic (exact) mass is 451 g/mol. The summed E-state index contributed by atoms with van der Waals surface area (Å²) in [6.07, 6.45) is 6.88.